The van der Waals surface area contributed by atoms with Gasteiger partial charge in [-0.05, 0) is 36.4 Å². The number of aromatic carboxylic acids is 1. The molecule has 0 amide bonds. The summed E-state index contributed by atoms with van der Waals surface area (Å²) in [7, 11) is -3.30. The lowest BCUT2D eigenvalue weighted by Gasteiger charge is -2.07. The normalized spacial score (nSPS) is 11.3. The minimum absolute atomic E-state index is 0.00268. The van der Waals surface area contributed by atoms with E-state index in [0.29, 0.717) is 4.90 Å². The number of rotatable bonds is 4. The van der Waals surface area contributed by atoms with Gasteiger partial charge in [0.15, 0.2) is 9.84 Å². The summed E-state index contributed by atoms with van der Waals surface area (Å²) < 4.78 is 36.5. The molecule has 2 aromatic carbocycles. The molecule has 21 heavy (non-hydrogen) atoms. The van der Waals surface area contributed by atoms with Crippen LogP contribution in [0.3, 0.4) is 0 Å². The SMILES string of the molecule is CS(=O)(=O)c1ccc(Sc2c(F)cccc2C(=O)O)cc1. The molecule has 0 aliphatic rings. The summed E-state index contributed by atoms with van der Waals surface area (Å²) in [6, 6.07) is 9.66. The van der Waals surface area contributed by atoms with Crippen LogP contribution in [-0.4, -0.2) is 25.7 Å². The molecule has 0 spiro atoms. The van der Waals surface area contributed by atoms with E-state index in [-0.39, 0.29) is 15.4 Å². The Bertz CT molecular complexity index is 783. The maximum atomic E-state index is 13.8. The topological polar surface area (TPSA) is 71.4 Å². The van der Waals surface area contributed by atoms with E-state index in [4.69, 9.17) is 5.11 Å². The molecule has 0 atom stereocenters. The summed E-state index contributed by atoms with van der Waals surface area (Å²) in [5.41, 5.74) is -0.132. The first-order valence-electron chi connectivity index (χ1n) is 5.79. The Hall–Kier alpha value is -1.86. The first-order chi connectivity index (χ1) is 9.79. The number of carboxylic acid groups (broad SMARTS) is 1. The van der Waals surface area contributed by atoms with Crippen molar-refractivity contribution in [2.75, 3.05) is 6.26 Å². The average Bonchev–Trinajstić information content (AvgIpc) is 2.40. The predicted molar refractivity (Wildman–Crippen MR) is 77.0 cm³/mol. The highest BCUT2D eigenvalue weighted by atomic mass is 32.2. The monoisotopic (exact) mass is 326 g/mol. The number of hydrogen-bond donors (Lipinski definition) is 1. The maximum Gasteiger partial charge on any atom is 0.336 e. The van der Waals surface area contributed by atoms with Gasteiger partial charge in [-0.2, -0.15) is 0 Å². The quantitative estimate of drug-likeness (QED) is 0.935. The minimum Gasteiger partial charge on any atom is -0.478 e. The summed E-state index contributed by atoms with van der Waals surface area (Å²) in [5, 5.41) is 9.06. The molecule has 2 aromatic rings. The van der Waals surface area contributed by atoms with Crippen LogP contribution >= 0.6 is 11.8 Å². The van der Waals surface area contributed by atoms with Gasteiger partial charge in [0.05, 0.1) is 15.4 Å². The molecule has 0 heterocycles. The molecule has 2 rings (SSSR count). The van der Waals surface area contributed by atoms with E-state index in [0.717, 1.165) is 18.0 Å². The lowest BCUT2D eigenvalue weighted by atomic mass is 10.2. The standard InChI is InChI=1S/C14H11FO4S2/c1-21(18,19)10-7-5-9(6-8-10)20-13-11(14(16)17)3-2-4-12(13)15/h2-8H,1H3,(H,16,17). The highest BCUT2D eigenvalue weighted by molar-refractivity contribution is 7.99. The first kappa shape index (κ1) is 15.5. The number of carboxylic acids is 1. The van der Waals surface area contributed by atoms with Gasteiger partial charge in [-0.1, -0.05) is 17.8 Å². The molecule has 0 saturated heterocycles. The van der Waals surface area contributed by atoms with Gasteiger partial charge in [-0.15, -0.1) is 0 Å². The predicted octanol–water partition coefficient (Wildman–Crippen LogP) is 3.08. The Morgan fingerprint density at radius 1 is 1.14 bits per heavy atom. The Morgan fingerprint density at radius 2 is 1.76 bits per heavy atom. The number of benzene rings is 2. The molecule has 0 fully saturated rings. The third kappa shape index (κ3) is 3.62. The van der Waals surface area contributed by atoms with Crippen LogP contribution in [0.1, 0.15) is 10.4 Å². The van der Waals surface area contributed by atoms with Crippen LogP contribution in [0, 0.1) is 5.82 Å². The second-order valence-corrected chi connectivity index (χ2v) is 7.37. The van der Waals surface area contributed by atoms with Crippen molar-refractivity contribution in [3.63, 3.8) is 0 Å². The molecule has 0 aliphatic heterocycles. The fourth-order valence-corrected chi connectivity index (χ4v) is 3.22. The van der Waals surface area contributed by atoms with Gasteiger partial charge in [0, 0.05) is 11.2 Å². The average molecular weight is 326 g/mol. The number of hydrogen-bond acceptors (Lipinski definition) is 4. The van der Waals surface area contributed by atoms with Gasteiger partial charge >= 0.3 is 5.97 Å². The van der Waals surface area contributed by atoms with Crippen molar-refractivity contribution in [2.24, 2.45) is 0 Å². The van der Waals surface area contributed by atoms with E-state index in [1.165, 1.54) is 42.5 Å². The smallest absolute Gasteiger partial charge is 0.336 e. The number of sulfone groups is 1. The van der Waals surface area contributed by atoms with Gasteiger partial charge in [0.2, 0.25) is 0 Å². The summed E-state index contributed by atoms with van der Waals surface area (Å²) in [4.78, 5) is 11.8. The molecule has 0 unspecified atom stereocenters. The van der Waals surface area contributed by atoms with Gasteiger partial charge in [0.25, 0.3) is 0 Å². The molecule has 0 aromatic heterocycles. The lowest BCUT2D eigenvalue weighted by molar-refractivity contribution is 0.0692. The van der Waals surface area contributed by atoms with E-state index >= 15 is 0 Å². The van der Waals surface area contributed by atoms with E-state index in [2.05, 4.69) is 0 Å². The molecule has 0 bridgehead atoms. The molecule has 7 heteroatoms. The lowest BCUT2D eigenvalue weighted by Crippen LogP contribution is -2.00. The van der Waals surface area contributed by atoms with Crippen LogP contribution < -0.4 is 0 Å². The molecular formula is C14H11FO4S2. The van der Waals surface area contributed by atoms with Crippen molar-refractivity contribution in [1.82, 2.24) is 0 Å². The van der Waals surface area contributed by atoms with E-state index in [1.54, 1.807) is 0 Å². The molecule has 110 valence electrons. The van der Waals surface area contributed by atoms with Crippen molar-refractivity contribution in [3.05, 3.63) is 53.8 Å². The first-order valence-corrected chi connectivity index (χ1v) is 8.49. The van der Waals surface area contributed by atoms with Gasteiger partial charge < -0.3 is 5.11 Å². The third-order valence-electron chi connectivity index (χ3n) is 2.67. The molecule has 4 nitrogen and oxygen atoms in total. The van der Waals surface area contributed by atoms with Crippen LogP contribution in [0.4, 0.5) is 4.39 Å². The van der Waals surface area contributed by atoms with Crippen molar-refractivity contribution < 1.29 is 22.7 Å². The summed E-state index contributed by atoms with van der Waals surface area (Å²) in [6.07, 6.45) is 1.09. The fourth-order valence-electron chi connectivity index (χ4n) is 1.65. The fraction of sp³-hybridized carbons (Fsp3) is 0.0714. The van der Waals surface area contributed by atoms with Crippen LogP contribution in [0.2, 0.25) is 0 Å². The van der Waals surface area contributed by atoms with Crippen molar-refractivity contribution in [3.8, 4) is 0 Å². The Labute approximate surface area is 125 Å². The second kappa shape index (κ2) is 5.87. The van der Waals surface area contributed by atoms with Crippen LogP contribution in [0.25, 0.3) is 0 Å². The molecular weight excluding hydrogens is 315 g/mol. The summed E-state index contributed by atoms with van der Waals surface area (Å²) in [5.74, 6) is -1.85. The summed E-state index contributed by atoms with van der Waals surface area (Å²) in [6.45, 7) is 0. The largest absolute Gasteiger partial charge is 0.478 e. The molecule has 0 radical (unpaired) electrons. The highest BCUT2D eigenvalue weighted by Crippen LogP contribution is 2.33. The Balaban J connectivity index is 2.37. The van der Waals surface area contributed by atoms with E-state index in [9.17, 15) is 17.6 Å². The maximum absolute atomic E-state index is 13.8. The number of halogens is 1. The zero-order valence-electron chi connectivity index (χ0n) is 10.9. The van der Waals surface area contributed by atoms with Gasteiger partial charge in [-0.25, -0.2) is 17.6 Å². The van der Waals surface area contributed by atoms with Gasteiger partial charge in [-0.3, -0.25) is 0 Å². The Kier molecular flexibility index (Phi) is 4.34. The van der Waals surface area contributed by atoms with E-state index < -0.39 is 21.6 Å². The van der Waals surface area contributed by atoms with E-state index in [1.807, 2.05) is 0 Å². The Morgan fingerprint density at radius 3 is 2.29 bits per heavy atom. The highest BCUT2D eigenvalue weighted by Gasteiger charge is 2.16. The molecule has 1 N–H and O–H groups in total. The van der Waals surface area contributed by atoms with Crippen molar-refractivity contribution in [2.45, 2.75) is 14.7 Å². The second-order valence-electron chi connectivity index (χ2n) is 4.27. The number of carbonyl (C=O) groups is 1. The van der Waals surface area contributed by atoms with Gasteiger partial charge in [0.1, 0.15) is 5.82 Å². The zero-order chi connectivity index (χ0) is 15.6. The summed E-state index contributed by atoms with van der Waals surface area (Å²) >= 11 is 0.938. The minimum atomic E-state index is -3.30. The van der Waals surface area contributed by atoms with Crippen molar-refractivity contribution >= 4 is 27.6 Å². The third-order valence-corrected chi connectivity index (χ3v) is 4.92. The van der Waals surface area contributed by atoms with Crippen LogP contribution in [0.5, 0.6) is 0 Å². The molecule has 0 aliphatic carbocycles. The van der Waals surface area contributed by atoms with Crippen LogP contribution in [-0.2, 0) is 9.84 Å². The molecule has 0 saturated carbocycles. The zero-order valence-corrected chi connectivity index (χ0v) is 12.5. The van der Waals surface area contributed by atoms with Crippen molar-refractivity contribution in [1.29, 1.82) is 0 Å². The van der Waals surface area contributed by atoms with Crippen LogP contribution in [0.15, 0.2) is 57.2 Å².